The molecule has 6 heteroatoms. The van der Waals surface area contributed by atoms with Gasteiger partial charge in [-0.15, -0.1) is 0 Å². The number of carbonyl (C=O) groups is 2. The minimum absolute atomic E-state index is 0.0459. The Hall–Kier alpha value is -1.98. The van der Waals surface area contributed by atoms with Crippen molar-refractivity contribution < 1.29 is 9.59 Å². The van der Waals surface area contributed by atoms with Crippen molar-refractivity contribution in [2.24, 2.45) is 0 Å². The lowest BCUT2D eigenvalue weighted by molar-refractivity contribution is -0.119. The third-order valence-corrected chi connectivity index (χ3v) is 2.31. The molecule has 1 fully saturated rings. The number of amides is 2. The number of hydrogen-bond donors (Lipinski definition) is 2. The van der Waals surface area contributed by atoms with Crippen LogP contribution in [-0.4, -0.2) is 34.4 Å². The molecule has 1 aromatic heterocycles. The molecule has 0 unspecified atom stereocenters. The van der Waals surface area contributed by atoms with Gasteiger partial charge in [0.1, 0.15) is 0 Å². The smallest absolute Gasteiger partial charge is 0.289 e. The fourth-order valence-corrected chi connectivity index (χ4v) is 1.52. The largest absolute Gasteiger partial charge is 0.354 e. The molecule has 2 amide bonds. The standard InChI is InChI=1S/C10H12N4O2/c1-6-2-3-11-9(13-6)10(16)14-7-4-8(15)12-5-7/h2-3,7H,4-5H2,1H3,(H,12,15)(H,14,16)/t7-/m0/s1. The quantitative estimate of drug-likeness (QED) is 0.697. The van der Waals surface area contributed by atoms with E-state index >= 15 is 0 Å². The van der Waals surface area contributed by atoms with Crippen LogP contribution in [-0.2, 0) is 4.79 Å². The Balaban J connectivity index is 2.00. The lowest BCUT2D eigenvalue weighted by Crippen LogP contribution is -2.37. The van der Waals surface area contributed by atoms with Crippen LogP contribution in [0.3, 0.4) is 0 Å². The summed E-state index contributed by atoms with van der Waals surface area (Å²) in [6.45, 7) is 2.26. The van der Waals surface area contributed by atoms with Crippen molar-refractivity contribution in [2.45, 2.75) is 19.4 Å². The maximum atomic E-state index is 11.7. The van der Waals surface area contributed by atoms with Gasteiger partial charge in [0.05, 0.1) is 6.04 Å². The molecule has 0 bridgehead atoms. The van der Waals surface area contributed by atoms with Crippen LogP contribution in [0, 0.1) is 6.92 Å². The summed E-state index contributed by atoms with van der Waals surface area (Å²) < 4.78 is 0. The first-order valence-electron chi connectivity index (χ1n) is 5.02. The molecular formula is C10H12N4O2. The normalized spacial score (nSPS) is 19.3. The van der Waals surface area contributed by atoms with Gasteiger partial charge in [-0.1, -0.05) is 0 Å². The van der Waals surface area contributed by atoms with E-state index in [-0.39, 0.29) is 23.7 Å². The first-order chi connectivity index (χ1) is 7.65. The second-order valence-corrected chi connectivity index (χ2v) is 3.70. The second kappa shape index (κ2) is 4.26. The highest BCUT2D eigenvalue weighted by Gasteiger charge is 2.24. The highest BCUT2D eigenvalue weighted by molar-refractivity contribution is 5.91. The molecular weight excluding hydrogens is 208 g/mol. The first-order valence-corrected chi connectivity index (χ1v) is 5.02. The average Bonchev–Trinajstić information content (AvgIpc) is 2.64. The number of aromatic nitrogens is 2. The predicted molar refractivity (Wildman–Crippen MR) is 55.6 cm³/mol. The van der Waals surface area contributed by atoms with E-state index < -0.39 is 0 Å². The Kier molecular flexibility index (Phi) is 2.80. The molecule has 84 valence electrons. The molecule has 1 atom stereocenters. The van der Waals surface area contributed by atoms with Crippen LogP contribution in [0.15, 0.2) is 12.3 Å². The molecule has 1 aliphatic rings. The fourth-order valence-electron chi connectivity index (χ4n) is 1.52. The molecule has 0 aromatic carbocycles. The zero-order chi connectivity index (χ0) is 11.5. The molecule has 0 spiro atoms. The van der Waals surface area contributed by atoms with Crippen molar-refractivity contribution in [2.75, 3.05) is 6.54 Å². The third-order valence-electron chi connectivity index (χ3n) is 2.31. The zero-order valence-electron chi connectivity index (χ0n) is 8.86. The summed E-state index contributed by atoms with van der Waals surface area (Å²) in [5, 5.41) is 5.35. The molecule has 2 N–H and O–H groups in total. The number of aryl methyl sites for hydroxylation is 1. The summed E-state index contributed by atoms with van der Waals surface area (Å²) in [5.41, 5.74) is 0.737. The molecule has 2 heterocycles. The molecule has 6 nitrogen and oxygen atoms in total. The summed E-state index contributed by atoms with van der Waals surface area (Å²) in [6, 6.07) is 1.56. The van der Waals surface area contributed by atoms with E-state index in [1.807, 2.05) is 0 Å². The Bertz CT molecular complexity index is 433. The lowest BCUT2D eigenvalue weighted by atomic mass is 10.2. The van der Waals surface area contributed by atoms with Gasteiger partial charge in [-0.25, -0.2) is 9.97 Å². The summed E-state index contributed by atoms with van der Waals surface area (Å²) in [6.07, 6.45) is 1.85. The monoisotopic (exact) mass is 220 g/mol. The summed E-state index contributed by atoms with van der Waals surface area (Å²) in [5.74, 6) is -0.250. The average molecular weight is 220 g/mol. The summed E-state index contributed by atoms with van der Waals surface area (Å²) in [4.78, 5) is 30.5. The van der Waals surface area contributed by atoms with E-state index in [1.165, 1.54) is 6.20 Å². The molecule has 1 aliphatic heterocycles. The Labute approximate surface area is 92.5 Å². The molecule has 0 radical (unpaired) electrons. The van der Waals surface area contributed by atoms with Crippen molar-refractivity contribution in [1.82, 2.24) is 20.6 Å². The van der Waals surface area contributed by atoms with E-state index in [0.717, 1.165) is 5.69 Å². The Morgan fingerprint density at radius 2 is 2.44 bits per heavy atom. The first kappa shape index (κ1) is 10.5. The van der Waals surface area contributed by atoms with Crippen molar-refractivity contribution in [1.29, 1.82) is 0 Å². The molecule has 1 saturated heterocycles. The van der Waals surface area contributed by atoms with E-state index in [1.54, 1.807) is 13.0 Å². The zero-order valence-corrected chi connectivity index (χ0v) is 8.86. The maximum absolute atomic E-state index is 11.7. The van der Waals surface area contributed by atoms with Crippen molar-refractivity contribution >= 4 is 11.8 Å². The fraction of sp³-hybridized carbons (Fsp3) is 0.400. The highest BCUT2D eigenvalue weighted by atomic mass is 16.2. The maximum Gasteiger partial charge on any atom is 0.289 e. The van der Waals surface area contributed by atoms with Crippen molar-refractivity contribution in [3.8, 4) is 0 Å². The Morgan fingerprint density at radius 3 is 3.06 bits per heavy atom. The van der Waals surface area contributed by atoms with Gasteiger partial charge in [-0.3, -0.25) is 9.59 Å². The second-order valence-electron chi connectivity index (χ2n) is 3.70. The molecule has 2 rings (SSSR count). The number of nitrogens with zero attached hydrogens (tertiary/aromatic N) is 2. The van der Waals surface area contributed by atoms with Gasteiger partial charge in [0.15, 0.2) is 0 Å². The molecule has 0 saturated carbocycles. The minimum atomic E-state index is -0.342. The molecule has 1 aromatic rings. The van der Waals surface area contributed by atoms with Crippen LogP contribution in [0.25, 0.3) is 0 Å². The molecule has 16 heavy (non-hydrogen) atoms. The van der Waals surface area contributed by atoms with Gasteiger partial charge in [0.25, 0.3) is 5.91 Å². The van der Waals surface area contributed by atoms with Gasteiger partial charge >= 0.3 is 0 Å². The van der Waals surface area contributed by atoms with Crippen LogP contribution >= 0.6 is 0 Å². The predicted octanol–water partition coefficient (Wildman–Crippen LogP) is -0.597. The SMILES string of the molecule is Cc1ccnc(C(=O)N[C@@H]2CNC(=O)C2)n1. The summed E-state index contributed by atoms with van der Waals surface area (Å²) >= 11 is 0. The molecule has 0 aliphatic carbocycles. The topological polar surface area (TPSA) is 84.0 Å². The minimum Gasteiger partial charge on any atom is -0.354 e. The third kappa shape index (κ3) is 2.33. The van der Waals surface area contributed by atoms with Crippen LogP contribution < -0.4 is 10.6 Å². The van der Waals surface area contributed by atoms with E-state index in [9.17, 15) is 9.59 Å². The number of hydrogen-bond acceptors (Lipinski definition) is 4. The van der Waals surface area contributed by atoms with Gasteiger partial charge in [-0.2, -0.15) is 0 Å². The lowest BCUT2D eigenvalue weighted by Gasteiger charge is -2.09. The van der Waals surface area contributed by atoms with Crippen LogP contribution in [0.4, 0.5) is 0 Å². The van der Waals surface area contributed by atoms with Crippen LogP contribution in [0.1, 0.15) is 22.7 Å². The number of nitrogens with one attached hydrogen (secondary N) is 2. The number of carbonyl (C=O) groups excluding carboxylic acids is 2. The number of rotatable bonds is 2. The van der Waals surface area contributed by atoms with Crippen molar-refractivity contribution in [3.05, 3.63) is 23.8 Å². The van der Waals surface area contributed by atoms with Gasteiger partial charge in [0, 0.05) is 24.9 Å². The van der Waals surface area contributed by atoms with E-state index in [0.29, 0.717) is 13.0 Å². The van der Waals surface area contributed by atoms with Crippen molar-refractivity contribution in [3.63, 3.8) is 0 Å². The Morgan fingerprint density at radius 1 is 1.62 bits per heavy atom. The van der Waals surface area contributed by atoms with E-state index in [4.69, 9.17) is 0 Å². The highest BCUT2D eigenvalue weighted by Crippen LogP contribution is 2.01. The van der Waals surface area contributed by atoms with Gasteiger partial charge in [0.2, 0.25) is 11.7 Å². The van der Waals surface area contributed by atoms with Crippen LogP contribution in [0.5, 0.6) is 0 Å². The van der Waals surface area contributed by atoms with Crippen LogP contribution in [0.2, 0.25) is 0 Å². The van der Waals surface area contributed by atoms with E-state index in [2.05, 4.69) is 20.6 Å². The summed E-state index contributed by atoms with van der Waals surface area (Å²) in [7, 11) is 0. The van der Waals surface area contributed by atoms with Gasteiger partial charge < -0.3 is 10.6 Å². The van der Waals surface area contributed by atoms with Gasteiger partial charge in [-0.05, 0) is 13.0 Å².